The van der Waals surface area contributed by atoms with Crippen LogP contribution < -0.4 is 21.1 Å². The average Bonchev–Trinajstić information content (AvgIpc) is 2.75. The highest BCUT2D eigenvalue weighted by Gasteiger charge is 2.26. The van der Waals surface area contributed by atoms with Gasteiger partial charge in [0.15, 0.2) is 0 Å². The largest absolute Gasteiger partial charge is 0.457 e. The van der Waals surface area contributed by atoms with E-state index in [2.05, 4.69) is 10.6 Å². The Hall–Kier alpha value is -3.35. The highest BCUT2D eigenvalue weighted by atomic mass is 16.5. The number of hydrogen-bond donors (Lipinski definition) is 3. The topological polar surface area (TPSA) is 111 Å². The fourth-order valence-corrected chi connectivity index (χ4v) is 2.10. The molecule has 1 heterocycles. The van der Waals surface area contributed by atoms with Crippen molar-refractivity contribution in [2.75, 3.05) is 5.32 Å². The van der Waals surface area contributed by atoms with Gasteiger partial charge in [0.25, 0.3) is 11.8 Å². The highest BCUT2D eigenvalue weighted by molar-refractivity contribution is 6.21. The number of hydrogen-bond acceptors (Lipinski definition) is 4. The normalized spacial score (nSPS) is 12.5. The fraction of sp³-hybridized carbons (Fsp3) is 0. The first-order valence-electron chi connectivity index (χ1n) is 6.37. The third-order valence-electron chi connectivity index (χ3n) is 3.06. The summed E-state index contributed by atoms with van der Waals surface area (Å²) in [5.41, 5.74) is 6.17. The van der Waals surface area contributed by atoms with Crippen molar-refractivity contribution in [2.45, 2.75) is 0 Å². The molecule has 0 atom stereocenters. The number of imide groups is 1. The summed E-state index contributed by atoms with van der Waals surface area (Å²) in [4.78, 5) is 33.8. The summed E-state index contributed by atoms with van der Waals surface area (Å²) in [6.45, 7) is 0. The number of benzene rings is 2. The van der Waals surface area contributed by atoms with E-state index in [-0.39, 0.29) is 5.56 Å². The van der Waals surface area contributed by atoms with E-state index in [1.54, 1.807) is 30.3 Å². The lowest BCUT2D eigenvalue weighted by atomic mass is 10.1. The van der Waals surface area contributed by atoms with Gasteiger partial charge in [-0.1, -0.05) is 0 Å². The van der Waals surface area contributed by atoms with Crippen LogP contribution in [0.1, 0.15) is 20.7 Å². The predicted molar refractivity (Wildman–Crippen MR) is 78.0 cm³/mol. The predicted octanol–water partition coefficient (Wildman–Crippen LogP) is 1.85. The molecule has 3 rings (SSSR count). The fourth-order valence-electron chi connectivity index (χ4n) is 2.10. The Labute approximate surface area is 125 Å². The Morgan fingerprint density at radius 2 is 1.59 bits per heavy atom. The van der Waals surface area contributed by atoms with Crippen LogP contribution in [0.3, 0.4) is 0 Å². The lowest BCUT2D eigenvalue weighted by Crippen LogP contribution is -2.19. The minimum Gasteiger partial charge on any atom is -0.457 e. The molecule has 4 N–H and O–H groups in total. The molecule has 7 nitrogen and oxygen atoms in total. The molecule has 22 heavy (non-hydrogen) atoms. The molecule has 0 bridgehead atoms. The lowest BCUT2D eigenvalue weighted by Gasteiger charge is -2.07. The monoisotopic (exact) mass is 297 g/mol. The smallest absolute Gasteiger partial charge is 0.316 e. The molecule has 0 spiro atoms. The first-order chi connectivity index (χ1) is 10.5. The van der Waals surface area contributed by atoms with Crippen LogP contribution in [0, 0.1) is 0 Å². The zero-order chi connectivity index (χ0) is 15.7. The van der Waals surface area contributed by atoms with Crippen molar-refractivity contribution >= 4 is 23.5 Å². The van der Waals surface area contributed by atoms with E-state index in [4.69, 9.17) is 10.5 Å². The molecule has 1 aliphatic rings. The molecular formula is C15H11N3O4. The molecular weight excluding hydrogens is 286 g/mol. The van der Waals surface area contributed by atoms with Gasteiger partial charge < -0.3 is 15.8 Å². The van der Waals surface area contributed by atoms with Crippen LogP contribution >= 0.6 is 0 Å². The van der Waals surface area contributed by atoms with Gasteiger partial charge in [-0.15, -0.1) is 0 Å². The number of carbonyl (C=O) groups excluding carboxylic acids is 3. The zero-order valence-electron chi connectivity index (χ0n) is 11.3. The van der Waals surface area contributed by atoms with Gasteiger partial charge in [0.1, 0.15) is 11.5 Å². The average molecular weight is 297 g/mol. The van der Waals surface area contributed by atoms with Gasteiger partial charge in [0, 0.05) is 5.69 Å². The Balaban J connectivity index is 1.79. The number of nitrogens with two attached hydrogens (primary N) is 1. The zero-order valence-corrected chi connectivity index (χ0v) is 11.3. The van der Waals surface area contributed by atoms with Crippen molar-refractivity contribution in [1.82, 2.24) is 5.32 Å². The summed E-state index contributed by atoms with van der Waals surface area (Å²) in [6, 6.07) is 10.5. The minimum atomic E-state index is -0.650. The third-order valence-corrected chi connectivity index (χ3v) is 3.06. The van der Waals surface area contributed by atoms with Crippen LogP contribution in [0.5, 0.6) is 11.5 Å². The summed E-state index contributed by atoms with van der Waals surface area (Å²) < 4.78 is 5.61. The van der Waals surface area contributed by atoms with Gasteiger partial charge in [0.05, 0.1) is 11.1 Å². The van der Waals surface area contributed by atoms with E-state index in [0.29, 0.717) is 22.7 Å². The molecule has 2 aromatic rings. The number of amides is 4. The molecule has 0 fully saturated rings. The molecule has 0 radical (unpaired) electrons. The molecule has 7 heteroatoms. The van der Waals surface area contributed by atoms with Crippen molar-refractivity contribution in [3.8, 4) is 11.5 Å². The lowest BCUT2D eigenvalue weighted by molar-refractivity contribution is 0.0879. The number of ether oxygens (including phenoxy) is 1. The van der Waals surface area contributed by atoms with E-state index < -0.39 is 17.8 Å². The number of rotatable bonds is 3. The second kappa shape index (κ2) is 5.21. The number of nitrogens with one attached hydrogen (secondary N) is 2. The van der Waals surface area contributed by atoms with Crippen molar-refractivity contribution in [2.24, 2.45) is 5.73 Å². The van der Waals surface area contributed by atoms with Gasteiger partial charge in [0.2, 0.25) is 0 Å². The molecule has 0 saturated heterocycles. The number of anilines is 1. The third kappa shape index (κ3) is 2.59. The van der Waals surface area contributed by atoms with Crippen LogP contribution in [0.2, 0.25) is 0 Å². The Morgan fingerprint density at radius 1 is 0.955 bits per heavy atom. The maximum absolute atomic E-state index is 11.6. The first-order valence-corrected chi connectivity index (χ1v) is 6.37. The molecule has 0 aromatic heterocycles. The summed E-state index contributed by atoms with van der Waals surface area (Å²) in [5.74, 6) is 0.0961. The highest BCUT2D eigenvalue weighted by Crippen LogP contribution is 2.27. The van der Waals surface area contributed by atoms with E-state index in [9.17, 15) is 14.4 Å². The second-order valence-electron chi connectivity index (χ2n) is 4.61. The number of carbonyl (C=O) groups is 3. The molecule has 110 valence electrons. The Morgan fingerprint density at radius 3 is 2.27 bits per heavy atom. The number of primary amides is 1. The standard InChI is InChI=1S/C15H11N3O4/c16-15(21)17-8-1-3-9(4-2-8)22-10-5-6-11-12(7-10)14(20)18-13(11)19/h1-7H,(H3,16,17,21)(H,18,19,20). The molecule has 0 saturated carbocycles. The SMILES string of the molecule is NC(=O)Nc1ccc(Oc2ccc3c(c2)C(=O)NC3=O)cc1. The van der Waals surface area contributed by atoms with E-state index in [1.807, 2.05) is 0 Å². The number of urea groups is 1. The molecule has 2 aromatic carbocycles. The Bertz CT molecular complexity index is 784. The van der Waals surface area contributed by atoms with Crippen molar-refractivity contribution in [1.29, 1.82) is 0 Å². The van der Waals surface area contributed by atoms with Crippen LogP contribution in [0.4, 0.5) is 10.5 Å². The van der Waals surface area contributed by atoms with Gasteiger partial charge in [-0.3, -0.25) is 14.9 Å². The van der Waals surface area contributed by atoms with Crippen molar-refractivity contribution in [3.63, 3.8) is 0 Å². The van der Waals surface area contributed by atoms with Gasteiger partial charge in [-0.2, -0.15) is 0 Å². The van der Waals surface area contributed by atoms with Crippen LogP contribution in [0.15, 0.2) is 42.5 Å². The van der Waals surface area contributed by atoms with Gasteiger partial charge in [-0.25, -0.2) is 4.79 Å². The van der Waals surface area contributed by atoms with Crippen molar-refractivity contribution in [3.05, 3.63) is 53.6 Å². The minimum absolute atomic E-state index is 0.287. The van der Waals surface area contributed by atoms with E-state index in [1.165, 1.54) is 12.1 Å². The van der Waals surface area contributed by atoms with Crippen molar-refractivity contribution < 1.29 is 19.1 Å². The second-order valence-corrected chi connectivity index (χ2v) is 4.61. The Kier molecular flexibility index (Phi) is 3.23. The molecule has 0 unspecified atom stereocenters. The van der Waals surface area contributed by atoms with Crippen LogP contribution in [-0.4, -0.2) is 17.8 Å². The van der Waals surface area contributed by atoms with E-state index >= 15 is 0 Å². The quantitative estimate of drug-likeness (QED) is 0.751. The molecule has 1 aliphatic heterocycles. The summed E-state index contributed by atoms with van der Waals surface area (Å²) in [5, 5.41) is 4.65. The summed E-state index contributed by atoms with van der Waals surface area (Å²) in [7, 11) is 0. The maximum Gasteiger partial charge on any atom is 0.316 e. The van der Waals surface area contributed by atoms with Crippen LogP contribution in [0.25, 0.3) is 0 Å². The van der Waals surface area contributed by atoms with Gasteiger partial charge >= 0.3 is 6.03 Å². The summed E-state index contributed by atoms with van der Waals surface area (Å²) >= 11 is 0. The molecule has 0 aliphatic carbocycles. The molecule has 4 amide bonds. The van der Waals surface area contributed by atoms with E-state index in [0.717, 1.165) is 0 Å². The first kappa shape index (κ1) is 13.6. The number of fused-ring (bicyclic) bond motifs is 1. The van der Waals surface area contributed by atoms with Gasteiger partial charge in [-0.05, 0) is 42.5 Å². The summed E-state index contributed by atoms with van der Waals surface area (Å²) in [6.07, 6.45) is 0. The maximum atomic E-state index is 11.6. The van der Waals surface area contributed by atoms with Crippen LogP contribution in [-0.2, 0) is 0 Å².